The van der Waals surface area contributed by atoms with E-state index in [1.807, 2.05) is 36.6 Å². The Hall–Kier alpha value is -2.60. The Morgan fingerprint density at radius 2 is 1.73 bits per heavy atom. The van der Waals surface area contributed by atoms with E-state index in [4.69, 9.17) is 11.6 Å². The molecule has 3 nitrogen and oxygen atoms in total. The lowest BCUT2D eigenvalue weighted by Crippen LogP contribution is -2.11. The fourth-order valence-corrected chi connectivity index (χ4v) is 5.12. The van der Waals surface area contributed by atoms with Gasteiger partial charge in [-0.05, 0) is 55.8 Å². The number of benzene rings is 3. The van der Waals surface area contributed by atoms with Gasteiger partial charge in [-0.25, -0.2) is 4.98 Å². The number of thiazole rings is 1. The lowest BCUT2D eigenvalue weighted by Gasteiger charge is -2.10. The number of amides is 1. The van der Waals surface area contributed by atoms with Crippen LogP contribution in [0.4, 0.5) is 5.13 Å². The Kier molecular flexibility index (Phi) is 6.23. The van der Waals surface area contributed by atoms with Gasteiger partial charge in [0.25, 0.3) is 5.91 Å². The van der Waals surface area contributed by atoms with E-state index in [0.29, 0.717) is 15.7 Å². The summed E-state index contributed by atoms with van der Waals surface area (Å²) in [5, 5.41) is 5.97. The molecule has 30 heavy (non-hydrogen) atoms. The molecule has 0 aliphatic rings. The number of carbonyl (C=O) groups excluding carboxylic acids is 1. The predicted molar refractivity (Wildman–Crippen MR) is 127 cm³/mol. The highest BCUT2D eigenvalue weighted by Gasteiger charge is 2.15. The number of carbonyl (C=O) groups is 1. The first kappa shape index (κ1) is 20.7. The van der Waals surface area contributed by atoms with Crippen LogP contribution < -0.4 is 5.32 Å². The maximum absolute atomic E-state index is 12.4. The van der Waals surface area contributed by atoms with E-state index in [1.54, 1.807) is 23.9 Å². The van der Waals surface area contributed by atoms with Gasteiger partial charge in [0.15, 0.2) is 5.13 Å². The Morgan fingerprint density at radius 3 is 2.43 bits per heavy atom. The standard InChI is InChI=1S/C24H19ClN2OS2/c1-15-8-10-18(11-9-15)30-19-12-16(2)22(20(25)13-19)21-14-29-24(26-21)27-23(28)17-6-4-3-5-7-17/h3-14H,1-2H3,(H,26,27,28). The zero-order valence-corrected chi connectivity index (χ0v) is 18.9. The number of aromatic nitrogens is 1. The zero-order chi connectivity index (χ0) is 21.1. The first-order chi connectivity index (χ1) is 14.5. The van der Waals surface area contributed by atoms with Gasteiger partial charge in [-0.2, -0.15) is 0 Å². The highest BCUT2D eigenvalue weighted by Crippen LogP contribution is 2.38. The van der Waals surface area contributed by atoms with Crippen LogP contribution in [0.25, 0.3) is 11.3 Å². The Morgan fingerprint density at radius 1 is 1.00 bits per heavy atom. The molecule has 0 aliphatic heterocycles. The molecule has 0 atom stereocenters. The highest BCUT2D eigenvalue weighted by molar-refractivity contribution is 7.99. The van der Waals surface area contributed by atoms with E-state index in [9.17, 15) is 4.79 Å². The van der Waals surface area contributed by atoms with Gasteiger partial charge in [-0.3, -0.25) is 10.1 Å². The number of nitrogens with one attached hydrogen (secondary N) is 1. The summed E-state index contributed by atoms with van der Waals surface area (Å²) in [7, 11) is 0. The number of halogens is 1. The number of aryl methyl sites for hydroxylation is 2. The van der Waals surface area contributed by atoms with Crippen molar-refractivity contribution >= 4 is 45.7 Å². The molecule has 0 fully saturated rings. The fourth-order valence-electron chi connectivity index (χ4n) is 3.04. The topological polar surface area (TPSA) is 42.0 Å². The van der Waals surface area contributed by atoms with Crippen LogP contribution in [0.3, 0.4) is 0 Å². The third kappa shape index (κ3) is 4.75. The lowest BCUT2D eigenvalue weighted by atomic mass is 10.1. The normalized spacial score (nSPS) is 10.8. The molecule has 0 saturated heterocycles. The summed E-state index contributed by atoms with van der Waals surface area (Å²) in [6.45, 7) is 4.11. The van der Waals surface area contributed by atoms with E-state index in [1.165, 1.54) is 21.8 Å². The van der Waals surface area contributed by atoms with Crippen molar-refractivity contribution in [1.82, 2.24) is 4.98 Å². The van der Waals surface area contributed by atoms with Crippen LogP contribution in [0.2, 0.25) is 5.02 Å². The molecule has 150 valence electrons. The molecule has 0 spiro atoms. The van der Waals surface area contributed by atoms with Gasteiger partial charge in [0.2, 0.25) is 0 Å². The van der Waals surface area contributed by atoms with Crippen molar-refractivity contribution in [2.24, 2.45) is 0 Å². The monoisotopic (exact) mass is 450 g/mol. The second-order valence-corrected chi connectivity index (χ2v) is 9.28. The van der Waals surface area contributed by atoms with E-state index in [0.717, 1.165) is 21.7 Å². The van der Waals surface area contributed by atoms with Gasteiger partial charge >= 0.3 is 0 Å². The van der Waals surface area contributed by atoms with Gasteiger partial charge in [0.1, 0.15) is 0 Å². The Bertz CT molecular complexity index is 1160. The molecule has 1 N–H and O–H groups in total. The molecule has 6 heteroatoms. The van der Waals surface area contributed by atoms with E-state index in [2.05, 4.69) is 47.6 Å². The van der Waals surface area contributed by atoms with Crippen LogP contribution in [0.1, 0.15) is 21.5 Å². The Labute approximate surface area is 189 Å². The summed E-state index contributed by atoms with van der Waals surface area (Å²) in [6, 6.07) is 21.6. The van der Waals surface area contributed by atoms with E-state index >= 15 is 0 Å². The van der Waals surface area contributed by atoms with Crippen molar-refractivity contribution < 1.29 is 4.79 Å². The van der Waals surface area contributed by atoms with Crippen LogP contribution in [0.15, 0.2) is 81.9 Å². The lowest BCUT2D eigenvalue weighted by molar-refractivity contribution is 0.102. The van der Waals surface area contributed by atoms with Crippen molar-refractivity contribution in [3.63, 3.8) is 0 Å². The molecule has 0 aliphatic carbocycles. The zero-order valence-electron chi connectivity index (χ0n) is 16.5. The minimum absolute atomic E-state index is 0.177. The summed E-state index contributed by atoms with van der Waals surface area (Å²) < 4.78 is 0. The number of rotatable bonds is 5. The van der Waals surface area contributed by atoms with Crippen LogP contribution >= 0.6 is 34.7 Å². The summed E-state index contributed by atoms with van der Waals surface area (Å²) in [5.41, 5.74) is 4.53. The third-order valence-corrected chi connectivity index (χ3v) is 6.57. The largest absolute Gasteiger partial charge is 0.298 e. The average Bonchev–Trinajstić information content (AvgIpc) is 3.18. The molecule has 1 heterocycles. The van der Waals surface area contributed by atoms with Crippen molar-refractivity contribution in [1.29, 1.82) is 0 Å². The second-order valence-electron chi connectivity index (χ2n) is 6.87. The molecule has 3 aromatic carbocycles. The van der Waals surface area contributed by atoms with Crippen LogP contribution in [0, 0.1) is 13.8 Å². The summed E-state index contributed by atoms with van der Waals surface area (Å²) in [6.07, 6.45) is 0. The summed E-state index contributed by atoms with van der Waals surface area (Å²) in [4.78, 5) is 19.2. The van der Waals surface area contributed by atoms with Crippen LogP contribution in [-0.4, -0.2) is 10.9 Å². The van der Waals surface area contributed by atoms with Gasteiger partial charge in [0.05, 0.1) is 10.7 Å². The van der Waals surface area contributed by atoms with Crippen molar-refractivity contribution in [3.8, 4) is 11.3 Å². The maximum Gasteiger partial charge on any atom is 0.257 e. The number of nitrogens with zero attached hydrogens (tertiary/aromatic N) is 1. The average molecular weight is 451 g/mol. The molecular formula is C24H19ClN2OS2. The van der Waals surface area contributed by atoms with Gasteiger partial charge in [0, 0.05) is 26.3 Å². The number of anilines is 1. The molecule has 4 aromatic rings. The van der Waals surface area contributed by atoms with Gasteiger partial charge < -0.3 is 0 Å². The molecule has 0 radical (unpaired) electrons. The molecule has 0 bridgehead atoms. The minimum Gasteiger partial charge on any atom is -0.298 e. The number of hydrogen-bond donors (Lipinski definition) is 1. The molecular weight excluding hydrogens is 432 g/mol. The molecule has 1 aromatic heterocycles. The fraction of sp³-hybridized carbons (Fsp3) is 0.0833. The predicted octanol–water partition coefficient (Wildman–Crippen LogP) is 7.48. The van der Waals surface area contributed by atoms with E-state index in [-0.39, 0.29) is 5.91 Å². The van der Waals surface area contributed by atoms with Gasteiger partial charge in [-0.15, -0.1) is 11.3 Å². The smallest absolute Gasteiger partial charge is 0.257 e. The van der Waals surface area contributed by atoms with Crippen LogP contribution in [-0.2, 0) is 0 Å². The quantitative estimate of drug-likeness (QED) is 0.342. The maximum atomic E-state index is 12.4. The van der Waals surface area contributed by atoms with Gasteiger partial charge in [-0.1, -0.05) is 59.3 Å². The van der Waals surface area contributed by atoms with Crippen molar-refractivity contribution in [2.45, 2.75) is 23.6 Å². The first-order valence-electron chi connectivity index (χ1n) is 9.36. The SMILES string of the molecule is Cc1ccc(Sc2cc(C)c(-c3csc(NC(=O)c4ccccc4)n3)c(Cl)c2)cc1. The second kappa shape index (κ2) is 9.04. The molecule has 1 amide bonds. The molecule has 0 unspecified atom stereocenters. The third-order valence-electron chi connectivity index (χ3n) is 4.53. The molecule has 0 saturated carbocycles. The van der Waals surface area contributed by atoms with Crippen molar-refractivity contribution in [3.05, 3.63) is 93.8 Å². The highest BCUT2D eigenvalue weighted by atomic mass is 35.5. The van der Waals surface area contributed by atoms with Crippen LogP contribution in [0.5, 0.6) is 0 Å². The van der Waals surface area contributed by atoms with E-state index < -0.39 is 0 Å². The first-order valence-corrected chi connectivity index (χ1v) is 11.4. The summed E-state index contributed by atoms with van der Waals surface area (Å²) in [5.74, 6) is -0.177. The number of hydrogen-bond acceptors (Lipinski definition) is 4. The molecule has 4 rings (SSSR count). The minimum atomic E-state index is -0.177. The summed E-state index contributed by atoms with van der Waals surface area (Å²) >= 11 is 9.70. The Balaban J connectivity index is 1.54. The van der Waals surface area contributed by atoms with Crippen molar-refractivity contribution in [2.75, 3.05) is 5.32 Å².